The summed E-state index contributed by atoms with van der Waals surface area (Å²) in [7, 11) is 1.74. The van der Waals surface area contributed by atoms with Crippen molar-refractivity contribution in [2.45, 2.75) is 12.8 Å². The van der Waals surface area contributed by atoms with Crippen LogP contribution < -0.4 is 0 Å². The van der Waals surface area contributed by atoms with Crippen LogP contribution in [0.5, 0.6) is 0 Å². The van der Waals surface area contributed by atoms with Gasteiger partial charge in [0.05, 0.1) is 5.75 Å². The van der Waals surface area contributed by atoms with Gasteiger partial charge in [-0.25, -0.2) is 8.42 Å². The molecule has 1 aliphatic heterocycles. The van der Waals surface area contributed by atoms with Crippen molar-refractivity contribution in [3.63, 3.8) is 0 Å². The number of hydrogen-bond donors (Lipinski definition) is 0. The Labute approximate surface area is 81.8 Å². The molecular weight excluding hydrogens is 216 g/mol. The van der Waals surface area contributed by atoms with Crippen LogP contribution in [0, 0.1) is 0 Å². The van der Waals surface area contributed by atoms with E-state index in [1.54, 1.807) is 6.08 Å². The first-order valence-corrected chi connectivity index (χ1v) is 7.39. The van der Waals surface area contributed by atoms with Crippen molar-refractivity contribution in [3.05, 3.63) is 11.6 Å². The second-order valence-electron chi connectivity index (χ2n) is 2.68. The van der Waals surface area contributed by atoms with Gasteiger partial charge in [-0.2, -0.15) is 11.8 Å². The van der Waals surface area contributed by atoms with Gasteiger partial charge >= 0.3 is 0 Å². The van der Waals surface area contributed by atoms with Gasteiger partial charge in [0.15, 0.2) is 0 Å². The Hall–Kier alpha value is 0.330. The molecule has 1 fully saturated rings. The van der Waals surface area contributed by atoms with E-state index in [1.807, 2.05) is 11.8 Å². The Balaban J connectivity index is 2.45. The Morgan fingerprint density at radius 1 is 1.42 bits per heavy atom. The van der Waals surface area contributed by atoms with E-state index in [1.165, 1.54) is 5.57 Å². The molecule has 0 atom stereocenters. The minimum Gasteiger partial charge on any atom is -0.212 e. The molecule has 2 nitrogen and oxygen atoms in total. The minimum absolute atomic E-state index is 0.0193. The van der Waals surface area contributed by atoms with Crippen molar-refractivity contribution in [2.75, 3.05) is 17.3 Å². The van der Waals surface area contributed by atoms with E-state index < -0.39 is 9.05 Å². The maximum atomic E-state index is 10.6. The van der Waals surface area contributed by atoms with Gasteiger partial charge in [-0.05, 0) is 24.3 Å². The summed E-state index contributed by atoms with van der Waals surface area (Å²) in [4.78, 5) is 0. The van der Waals surface area contributed by atoms with Crippen molar-refractivity contribution in [1.82, 2.24) is 0 Å². The molecule has 0 aromatic carbocycles. The Morgan fingerprint density at radius 3 is 2.50 bits per heavy atom. The molecule has 0 amide bonds. The van der Waals surface area contributed by atoms with Crippen LogP contribution >= 0.6 is 22.4 Å². The average Bonchev–Trinajstić information content (AvgIpc) is 2.02. The number of thioether (sulfide) groups is 1. The van der Waals surface area contributed by atoms with Gasteiger partial charge in [0, 0.05) is 10.7 Å². The Kier molecular flexibility index (Phi) is 3.93. The molecule has 0 radical (unpaired) electrons. The third-order valence-corrected chi connectivity index (χ3v) is 3.63. The molecule has 70 valence electrons. The highest BCUT2D eigenvalue weighted by atomic mass is 35.7. The van der Waals surface area contributed by atoms with Gasteiger partial charge in [0.25, 0.3) is 0 Å². The number of allylic oxidation sites excluding steroid dienone is 1. The molecule has 1 rings (SSSR count). The van der Waals surface area contributed by atoms with Gasteiger partial charge in [-0.3, -0.25) is 0 Å². The van der Waals surface area contributed by atoms with Gasteiger partial charge < -0.3 is 0 Å². The molecule has 0 spiro atoms. The van der Waals surface area contributed by atoms with Crippen molar-refractivity contribution >= 4 is 31.5 Å². The fraction of sp³-hybridized carbons (Fsp3) is 0.714. The van der Waals surface area contributed by atoms with Crippen LogP contribution in [-0.4, -0.2) is 25.7 Å². The summed E-state index contributed by atoms with van der Waals surface area (Å²) in [6.45, 7) is 0. The second-order valence-corrected chi connectivity index (χ2v) is 6.73. The van der Waals surface area contributed by atoms with Crippen molar-refractivity contribution in [2.24, 2.45) is 0 Å². The lowest BCUT2D eigenvalue weighted by molar-refractivity contribution is 0.612. The first-order valence-electron chi connectivity index (χ1n) is 3.76. The first-order chi connectivity index (χ1) is 5.58. The monoisotopic (exact) mass is 226 g/mol. The lowest BCUT2D eigenvalue weighted by Crippen LogP contribution is -2.01. The molecule has 1 saturated heterocycles. The minimum atomic E-state index is -3.33. The molecular formula is C7H11ClO2S2. The van der Waals surface area contributed by atoms with Gasteiger partial charge in [0.2, 0.25) is 9.05 Å². The highest BCUT2D eigenvalue weighted by Crippen LogP contribution is 2.21. The molecule has 1 aliphatic rings. The summed E-state index contributed by atoms with van der Waals surface area (Å²) in [5.41, 5.74) is 1.23. The van der Waals surface area contributed by atoms with E-state index in [0.29, 0.717) is 0 Å². The number of halogens is 1. The Morgan fingerprint density at radius 2 is 2.00 bits per heavy atom. The molecule has 0 aliphatic carbocycles. The van der Waals surface area contributed by atoms with Crippen LogP contribution in [0.4, 0.5) is 0 Å². The molecule has 1 heterocycles. The highest BCUT2D eigenvalue weighted by Gasteiger charge is 2.07. The third kappa shape index (κ3) is 4.38. The van der Waals surface area contributed by atoms with E-state index in [0.717, 1.165) is 24.3 Å². The van der Waals surface area contributed by atoms with Crippen LogP contribution in [0.25, 0.3) is 0 Å². The van der Waals surface area contributed by atoms with Crippen molar-refractivity contribution < 1.29 is 8.42 Å². The summed E-state index contributed by atoms with van der Waals surface area (Å²) in [5.74, 6) is 2.19. The van der Waals surface area contributed by atoms with Crippen molar-refractivity contribution in [3.8, 4) is 0 Å². The van der Waals surface area contributed by atoms with E-state index in [2.05, 4.69) is 0 Å². The summed E-state index contributed by atoms with van der Waals surface area (Å²) in [6, 6.07) is 0. The molecule has 0 N–H and O–H groups in total. The lowest BCUT2D eigenvalue weighted by atomic mass is 10.1. The average molecular weight is 227 g/mol. The SMILES string of the molecule is O=S(=O)(Cl)CC=C1CCSCC1. The quantitative estimate of drug-likeness (QED) is 0.534. The van der Waals surface area contributed by atoms with E-state index in [-0.39, 0.29) is 5.75 Å². The summed E-state index contributed by atoms with van der Waals surface area (Å²) in [5, 5.41) is 0. The fourth-order valence-corrected chi connectivity index (χ4v) is 2.70. The van der Waals surface area contributed by atoms with E-state index in [9.17, 15) is 8.42 Å². The van der Waals surface area contributed by atoms with Crippen LogP contribution in [0.3, 0.4) is 0 Å². The normalized spacial score (nSPS) is 19.2. The highest BCUT2D eigenvalue weighted by molar-refractivity contribution is 8.13. The molecule has 0 unspecified atom stereocenters. The van der Waals surface area contributed by atoms with Gasteiger partial charge in [-0.1, -0.05) is 11.6 Å². The second kappa shape index (κ2) is 4.53. The molecule has 0 aromatic rings. The summed E-state index contributed by atoms with van der Waals surface area (Å²) < 4.78 is 21.2. The van der Waals surface area contributed by atoms with E-state index >= 15 is 0 Å². The maximum absolute atomic E-state index is 10.6. The largest absolute Gasteiger partial charge is 0.236 e. The topological polar surface area (TPSA) is 34.1 Å². The predicted octanol–water partition coefficient (Wildman–Crippen LogP) is 2.01. The smallest absolute Gasteiger partial charge is 0.212 e. The van der Waals surface area contributed by atoms with Crippen LogP contribution in [0.15, 0.2) is 11.6 Å². The molecule has 5 heteroatoms. The molecule has 0 aromatic heterocycles. The van der Waals surface area contributed by atoms with Crippen LogP contribution in [0.1, 0.15) is 12.8 Å². The lowest BCUT2D eigenvalue weighted by Gasteiger charge is -2.12. The third-order valence-electron chi connectivity index (χ3n) is 1.71. The van der Waals surface area contributed by atoms with Crippen LogP contribution in [0.2, 0.25) is 0 Å². The molecule has 12 heavy (non-hydrogen) atoms. The standard InChI is InChI=1S/C7H11ClO2S2/c8-12(9,10)6-3-7-1-4-11-5-2-7/h3H,1-2,4-6H2. The zero-order valence-electron chi connectivity index (χ0n) is 6.62. The Bertz CT molecular complexity index is 261. The zero-order chi connectivity index (χ0) is 9.03. The maximum Gasteiger partial charge on any atom is 0.236 e. The van der Waals surface area contributed by atoms with Gasteiger partial charge in [0.1, 0.15) is 0 Å². The first kappa shape index (κ1) is 10.4. The number of hydrogen-bond acceptors (Lipinski definition) is 3. The summed E-state index contributed by atoms with van der Waals surface area (Å²) in [6.07, 6.45) is 3.77. The predicted molar refractivity (Wildman–Crippen MR) is 54.3 cm³/mol. The molecule has 0 bridgehead atoms. The van der Waals surface area contributed by atoms with Gasteiger partial charge in [-0.15, -0.1) is 0 Å². The van der Waals surface area contributed by atoms with Crippen molar-refractivity contribution in [1.29, 1.82) is 0 Å². The fourth-order valence-electron chi connectivity index (χ4n) is 1.06. The molecule has 0 saturated carbocycles. The summed E-state index contributed by atoms with van der Waals surface area (Å²) >= 11 is 1.91. The zero-order valence-corrected chi connectivity index (χ0v) is 9.01. The van der Waals surface area contributed by atoms with Crippen LogP contribution in [-0.2, 0) is 9.05 Å². The number of rotatable bonds is 2. The van der Waals surface area contributed by atoms with E-state index in [4.69, 9.17) is 10.7 Å².